The van der Waals surface area contributed by atoms with E-state index >= 15 is 0 Å². The van der Waals surface area contributed by atoms with Gasteiger partial charge in [0.1, 0.15) is 39.6 Å². The summed E-state index contributed by atoms with van der Waals surface area (Å²) in [5.41, 5.74) is -0.984. The average Bonchev–Trinajstić information content (AvgIpc) is 3.39. The first-order valence-electron chi connectivity index (χ1n) is 9.41. The highest BCUT2D eigenvalue weighted by molar-refractivity contribution is 6.26. The number of allylic oxidation sites excluding steroid dienone is 4. The summed E-state index contributed by atoms with van der Waals surface area (Å²) in [6.07, 6.45) is 5.55. The zero-order valence-corrected chi connectivity index (χ0v) is 16.7. The van der Waals surface area contributed by atoms with Crippen molar-refractivity contribution in [3.63, 3.8) is 0 Å². The van der Waals surface area contributed by atoms with E-state index in [1.165, 1.54) is 38.5 Å². The van der Waals surface area contributed by atoms with E-state index in [0.29, 0.717) is 5.56 Å². The number of Topliss-reactive ketones (excluding diaryl/α,β-unsaturated/α-hetero) is 3. The Balaban J connectivity index is 1.74. The Bertz CT molecular complexity index is 1320. The lowest BCUT2D eigenvalue weighted by atomic mass is 9.71. The fourth-order valence-electron chi connectivity index (χ4n) is 4.24. The quantitative estimate of drug-likeness (QED) is 0.560. The standard InChI is InChI=1S/C23H16O8/c1-9-18(26)17-21(16-19(27)13(30-20(9)16)6-11-4-5-29-8-11)31-14-7-12(25)15(10(2)24)22(28)23(14,17)3/h4-8,25-26H,1-3H3/b13-6-/t23-/m0/s1. The summed E-state index contributed by atoms with van der Waals surface area (Å²) in [4.78, 5) is 38.4. The van der Waals surface area contributed by atoms with Crippen LogP contribution in [-0.2, 0) is 15.0 Å². The maximum Gasteiger partial charge on any atom is 0.235 e. The van der Waals surface area contributed by atoms with Gasteiger partial charge in [-0.2, -0.15) is 0 Å². The summed E-state index contributed by atoms with van der Waals surface area (Å²) < 4.78 is 16.6. The molecule has 8 heteroatoms. The van der Waals surface area contributed by atoms with Crippen LogP contribution in [0.3, 0.4) is 0 Å². The van der Waals surface area contributed by atoms with Crippen molar-refractivity contribution in [2.75, 3.05) is 0 Å². The third kappa shape index (κ3) is 2.27. The highest BCUT2D eigenvalue weighted by Gasteiger charge is 2.56. The summed E-state index contributed by atoms with van der Waals surface area (Å²) in [7, 11) is 0. The molecule has 2 aromatic rings. The normalized spacial score (nSPS) is 22.7. The van der Waals surface area contributed by atoms with E-state index in [0.717, 1.165) is 0 Å². The molecular formula is C23H16O8. The predicted molar refractivity (Wildman–Crippen MR) is 106 cm³/mol. The Kier molecular flexibility index (Phi) is 3.65. The number of aliphatic hydroxyl groups excluding tert-OH is 1. The average molecular weight is 420 g/mol. The predicted octanol–water partition coefficient (Wildman–Crippen LogP) is 3.43. The number of fused-ring (bicyclic) bond motifs is 5. The van der Waals surface area contributed by atoms with Crippen molar-refractivity contribution in [2.24, 2.45) is 0 Å². The number of carbonyl (C=O) groups is 3. The maximum atomic E-state index is 13.3. The number of furan rings is 1. The number of rotatable bonds is 2. The van der Waals surface area contributed by atoms with Gasteiger partial charge < -0.3 is 24.1 Å². The SMILES string of the molecule is CC(=O)C1=C(O)C=C2Oc3c4c(c(C)c(O)c3[C@@]2(C)C1=O)O/C(=C\c1ccoc1)C4=O. The second-order valence-electron chi connectivity index (χ2n) is 7.76. The molecule has 1 atom stereocenters. The van der Waals surface area contributed by atoms with Gasteiger partial charge in [0, 0.05) is 17.2 Å². The molecule has 0 fully saturated rings. The van der Waals surface area contributed by atoms with Gasteiger partial charge in [0.2, 0.25) is 5.78 Å². The molecule has 0 amide bonds. The second kappa shape index (κ2) is 5.98. The molecule has 156 valence electrons. The van der Waals surface area contributed by atoms with E-state index in [2.05, 4.69) is 0 Å². The minimum Gasteiger partial charge on any atom is -0.507 e. The van der Waals surface area contributed by atoms with Crippen molar-refractivity contribution >= 4 is 23.4 Å². The summed E-state index contributed by atoms with van der Waals surface area (Å²) in [6, 6.07) is 1.65. The van der Waals surface area contributed by atoms with Gasteiger partial charge >= 0.3 is 0 Å². The largest absolute Gasteiger partial charge is 0.507 e. The number of ketones is 3. The molecule has 0 bridgehead atoms. The van der Waals surface area contributed by atoms with Gasteiger partial charge in [0.25, 0.3) is 0 Å². The highest BCUT2D eigenvalue weighted by Crippen LogP contribution is 2.59. The molecule has 0 saturated carbocycles. The third-order valence-corrected chi connectivity index (χ3v) is 5.88. The highest BCUT2D eigenvalue weighted by atomic mass is 16.5. The fourth-order valence-corrected chi connectivity index (χ4v) is 4.24. The van der Waals surface area contributed by atoms with E-state index in [9.17, 15) is 24.6 Å². The van der Waals surface area contributed by atoms with E-state index in [1.807, 2.05) is 0 Å². The number of carbonyl (C=O) groups excluding carboxylic acids is 3. The minimum atomic E-state index is -1.58. The smallest absolute Gasteiger partial charge is 0.235 e. The monoisotopic (exact) mass is 420 g/mol. The number of phenolic OH excluding ortho intramolecular Hbond substituents is 1. The number of benzene rings is 1. The van der Waals surface area contributed by atoms with Crippen LogP contribution in [0.15, 0.2) is 51.9 Å². The van der Waals surface area contributed by atoms with Crippen LogP contribution in [0.2, 0.25) is 0 Å². The lowest BCUT2D eigenvalue weighted by molar-refractivity contribution is -0.123. The van der Waals surface area contributed by atoms with Gasteiger partial charge in [-0.05, 0) is 32.9 Å². The van der Waals surface area contributed by atoms with Crippen LogP contribution in [0.5, 0.6) is 17.2 Å². The Morgan fingerprint density at radius 1 is 1.16 bits per heavy atom. The van der Waals surface area contributed by atoms with Crippen molar-refractivity contribution in [2.45, 2.75) is 26.2 Å². The van der Waals surface area contributed by atoms with E-state index in [4.69, 9.17) is 13.9 Å². The molecule has 0 saturated heterocycles. The van der Waals surface area contributed by atoms with Crippen LogP contribution in [0.1, 0.15) is 40.9 Å². The molecular weight excluding hydrogens is 404 g/mol. The zero-order chi connectivity index (χ0) is 22.2. The molecule has 3 aliphatic rings. The molecule has 1 aromatic carbocycles. The zero-order valence-electron chi connectivity index (χ0n) is 16.7. The van der Waals surface area contributed by atoms with Gasteiger partial charge in [0.15, 0.2) is 23.1 Å². The molecule has 0 radical (unpaired) electrons. The Hall–Kier alpha value is -4.07. The van der Waals surface area contributed by atoms with Gasteiger partial charge in [-0.25, -0.2) is 0 Å². The number of phenols is 1. The first-order valence-corrected chi connectivity index (χ1v) is 9.41. The number of hydrogen-bond acceptors (Lipinski definition) is 8. The van der Waals surface area contributed by atoms with Crippen LogP contribution in [0.25, 0.3) is 6.08 Å². The maximum absolute atomic E-state index is 13.3. The van der Waals surface area contributed by atoms with Crippen LogP contribution in [0.4, 0.5) is 0 Å². The van der Waals surface area contributed by atoms with Gasteiger partial charge in [-0.1, -0.05) is 0 Å². The molecule has 5 rings (SSSR count). The second-order valence-corrected chi connectivity index (χ2v) is 7.76. The number of ether oxygens (including phenoxy) is 2. The molecule has 0 spiro atoms. The topological polar surface area (TPSA) is 123 Å². The molecule has 8 nitrogen and oxygen atoms in total. The van der Waals surface area contributed by atoms with Gasteiger partial charge in [-0.15, -0.1) is 0 Å². The number of aromatic hydroxyl groups is 1. The van der Waals surface area contributed by atoms with Crippen LogP contribution in [-0.4, -0.2) is 27.6 Å². The molecule has 1 aromatic heterocycles. The first kappa shape index (κ1) is 18.9. The number of aliphatic hydroxyl groups is 1. The van der Waals surface area contributed by atoms with Crippen molar-refractivity contribution in [3.05, 3.63) is 69.8 Å². The Morgan fingerprint density at radius 2 is 1.90 bits per heavy atom. The summed E-state index contributed by atoms with van der Waals surface area (Å²) in [6.45, 7) is 4.21. The molecule has 2 aliphatic heterocycles. The van der Waals surface area contributed by atoms with E-state index in [1.54, 1.807) is 13.0 Å². The van der Waals surface area contributed by atoms with E-state index < -0.39 is 28.5 Å². The van der Waals surface area contributed by atoms with Gasteiger partial charge in [0.05, 0.1) is 18.1 Å². The minimum absolute atomic E-state index is 0.00151. The van der Waals surface area contributed by atoms with Crippen LogP contribution >= 0.6 is 0 Å². The lowest BCUT2D eigenvalue weighted by Crippen LogP contribution is -2.38. The fraction of sp³-hybridized carbons (Fsp3) is 0.174. The number of hydrogen-bond donors (Lipinski definition) is 2. The van der Waals surface area contributed by atoms with Crippen molar-refractivity contribution < 1.29 is 38.5 Å². The van der Waals surface area contributed by atoms with Crippen molar-refractivity contribution in [3.8, 4) is 17.2 Å². The molecule has 1 aliphatic carbocycles. The van der Waals surface area contributed by atoms with Gasteiger partial charge in [-0.3, -0.25) is 14.4 Å². The molecule has 2 N–H and O–H groups in total. The summed E-state index contributed by atoms with van der Waals surface area (Å²) in [5, 5.41) is 21.2. The molecule has 3 heterocycles. The third-order valence-electron chi connectivity index (χ3n) is 5.88. The summed E-state index contributed by atoms with van der Waals surface area (Å²) >= 11 is 0. The van der Waals surface area contributed by atoms with Crippen molar-refractivity contribution in [1.82, 2.24) is 0 Å². The molecule has 0 unspecified atom stereocenters. The Morgan fingerprint density at radius 3 is 2.55 bits per heavy atom. The van der Waals surface area contributed by atoms with Crippen LogP contribution < -0.4 is 9.47 Å². The first-order chi connectivity index (χ1) is 14.7. The Labute approximate surface area is 175 Å². The molecule has 31 heavy (non-hydrogen) atoms. The van der Waals surface area contributed by atoms with Crippen LogP contribution in [0, 0.1) is 6.92 Å². The lowest BCUT2D eigenvalue weighted by Gasteiger charge is -2.27. The summed E-state index contributed by atoms with van der Waals surface area (Å²) in [5.74, 6) is -2.52. The van der Waals surface area contributed by atoms with Crippen molar-refractivity contribution in [1.29, 1.82) is 0 Å². The van der Waals surface area contributed by atoms with E-state index in [-0.39, 0.29) is 51.0 Å².